The van der Waals surface area contributed by atoms with Crippen LogP contribution in [0.15, 0.2) is 0 Å². The fourth-order valence-electron chi connectivity index (χ4n) is 1.22. The Morgan fingerprint density at radius 3 is 0.349 bits per heavy atom. The van der Waals surface area contributed by atoms with Crippen LogP contribution in [0.25, 0.3) is 0 Å². The molecule has 43 heavy (non-hydrogen) atoms. The van der Waals surface area contributed by atoms with Crippen molar-refractivity contribution >= 4 is 70.5 Å². The van der Waals surface area contributed by atoms with Gasteiger partial charge >= 0.3 is 0 Å². The number of carbonyl (C=O) groups excluding carboxylic acids is 12. The van der Waals surface area contributed by atoms with E-state index in [9.17, 15) is 88.2 Å². The zero-order valence-corrected chi connectivity index (χ0v) is 26.0. The molecule has 0 bridgehead atoms. The fraction of sp³-hybridized carbons (Fsp3) is 0.500. The Morgan fingerprint density at radius 2 is 0.349 bits per heavy atom. The van der Waals surface area contributed by atoms with Gasteiger partial charge in [-0.2, -0.15) is 0 Å². The Hall–Kier alpha value is -4.47. The van der Waals surface area contributed by atoms with Gasteiger partial charge in [0.25, 0.3) is 0 Å². The third kappa shape index (κ3) is 124. The van der Waals surface area contributed by atoms with Gasteiger partial charge < -0.3 is 59.4 Å². The number of hydrogen-bond acceptors (Lipinski definition) is 18. The second kappa shape index (κ2) is 35.6. The van der Waals surface area contributed by atoms with Gasteiger partial charge in [0.15, 0.2) is 0 Å². The monoisotopic (exact) mass is 704 g/mol. The normalized spacial score (nSPS) is 7.95. The van der Waals surface area contributed by atoms with Gasteiger partial charge in [0.1, 0.15) is 34.7 Å². The van der Waals surface area contributed by atoms with Gasteiger partial charge in [0.05, 0.1) is 0 Å². The first-order valence-corrected chi connectivity index (χ1v) is 10.9. The summed E-state index contributed by atoms with van der Waals surface area (Å²) in [6.07, 6.45) is -2.83. The van der Waals surface area contributed by atoms with Gasteiger partial charge in [0, 0.05) is 95.4 Å². The van der Waals surface area contributed by atoms with Crippen LogP contribution in [0.2, 0.25) is 0 Å². The number of hydrogen-bond donors (Lipinski definition) is 0. The number of Topliss-reactive ketones (excluding diaryl/α,β-unsaturated/α-hetero) is 6. The van der Waals surface area contributed by atoms with E-state index < -0.39 is 74.3 Å². The van der Waals surface area contributed by atoms with E-state index in [4.69, 9.17) is 0 Å². The van der Waals surface area contributed by atoms with E-state index in [2.05, 4.69) is 0 Å². The molecule has 0 rings (SSSR count). The molecule has 0 aliphatic carbocycles. The van der Waals surface area contributed by atoms with Gasteiger partial charge in [-0.1, -0.05) is 0 Å². The van der Waals surface area contributed by atoms with Crippen molar-refractivity contribution in [3.05, 3.63) is 0 Å². The molecule has 19 heteroatoms. The van der Waals surface area contributed by atoms with Crippen LogP contribution in [0.3, 0.4) is 0 Å². The first-order chi connectivity index (χ1) is 18.8. The maximum Gasteiger partial charge on any atom is 0.135 e. The molecule has 0 heterocycles. The molecule has 0 fully saturated rings. The number of ketones is 6. The van der Waals surface area contributed by atoms with Crippen LogP contribution in [-0.4, -0.2) is 70.5 Å². The first kappa shape index (κ1) is 54.6. The Balaban J connectivity index is -0.0000000720. The molecule has 0 unspecified atom stereocenters. The summed E-state index contributed by atoms with van der Waals surface area (Å²) in [6.45, 7) is 7.22. The van der Waals surface area contributed by atoms with E-state index in [0.29, 0.717) is 0 Å². The van der Waals surface area contributed by atoms with Crippen molar-refractivity contribution in [2.45, 2.75) is 80.1 Å². The Bertz CT molecular complexity index is 707. The predicted octanol–water partition coefficient (Wildman–Crippen LogP) is -7.71. The molecule has 0 aromatic heterocycles. The largest absolute Gasteiger partial charge is 0.550 e. The minimum Gasteiger partial charge on any atom is -0.550 e. The number of rotatable bonds is 12. The van der Waals surface area contributed by atoms with Crippen molar-refractivity contribution < 1.29 is 109 Å². The maximum absolute atomic E-state index is 9.83. The van der Waals surface area contributed by atoms with Crippen molar-refractivity contribution in [2.75, 3.05) is 0 Å². The average molecular weight is 702 g/mol. The second-order valence-corrected chi connectivity index (χ2v) is 7.50. The molecule has 18 nitrogen and oxygen atoms in total. The summed E-state index contributed by atoms with van der Waals surface area (Å²) in [5.74, 6) is -10.1. The molecule has 0 atom stereocenters. The quantitative estimate of drug-likeness (QED) is 0.135. The Labute approximate surface area is 259 Å². The maximum atomic E-state index is 9.83. The average Bonchev–Trinajstić information content (AvgIpc) is 2.63. The molecule has 0 aliphatic heterocycles. The number of carboxylic acid groups (broad SMARTS) is 6. The zero-order valence-electron chi connectivity index (χ0n) is 24.0. The van der Waals surface area contributed by atoms with E-state index in [-0.39, 0.29) is 55.8 Å². The topological polar surface area (TPSA) is 343 Å². The van der Waals surface area contributed by atoms with Crippen LogP contribution in [0.4, 0.5) is 0 Å². The summed E-state index contributed by atoms with van der Waals surface area (Å²) in [4.78, 5) is 116. The molecule has 246 valence electrons. The summed E-state index contributed by atoms with van der Waals surface area (Å²) < 4.78 is 0. The molecule has 0 saturated carbocycles. The van der Waals surface area contributed by atoms with E-state index in [0.717, 1.165) is 0 Å². The molecular formula is C24H30MoO18-6. The summed E-state index contributed by atoms with van der Waals surface area (Å²) in [6, 6.07) is 0. The molecule has 0 aromatic rings. The fourth-order valence-corrected chi connectivity index (χ4v) is 1.22. The molecule has 0 saturated heterocycles. The number of carboxylic acids is 6. The van der Waals surface area contributed by atoms with Crippen LogP contribution in [0, 0.1) is 0 Å². The van der Waals surface area contributed by atoms with Gasteiger partial charge in [-0.15, -0.1) is 0 Å². The van der Waals surface area contributed by atoms with Crippen molar-refractivity contribution in [2.24, 2.45) is 0 Å². The van der Waals surface area contributed by atoms with Crippen molar-refractivity contribution in [3.63, 3.8) is 0 Å². The van der Waals surface area contributed by atoms with E-state index in [1.54, 1.807) is 0 Å². The molecule has 0 amide bonds. The molecule has 0 N–H and O–H groups in total. The van der Waals surface area contributed by atoms with E-state index >= 15 is 0 Å². The predicted molar refractivity (Wildman–Crippen MR) is 122 cm³/mol. The van der Waals surface area contributed by atoms with Gasteiger partial charge in [-0.25, -0.2) is 0 Å². The standard InChI is InChI=1S/6C4H6O3.Mo/c6*1-3(5)2-4(6)7;/h6*2H2,1H3,(H,6,7);/p-6. The first-order valence-electron chi connectivity index (χ1n) is 10.9. The van der Waals surface area contributed by atoms with Crippen LogP contribution in [0.5, 0.6) is 0 Å². The molecular weight excluding hydrogens is 672 g/mol. The van der Waals surface area contributed by atoms with Gasteiger partial charge in [-0.05, 0) is 41.5 Å². The van der Waals surface area contributed by atoms with Crippen molar-refractivity contribution in [3.8, 4) is 0 Å². The zero-order chi connectivity index (χ0) is 35.2. The molecule has 0 aliphatic rings. The number of carbonyl (C=O) groups is 12. The van der Waals surface area contributed by atoms with Crippen molar-refractivity contribution in [1.29, 1.82) is 0 Å². The SMILES string of the molecule is CC(=O)CC(=O)[O-].CC(=O)CC(=O)[O-].CC(=O)CC(=O)[O-].CC(=O)CC(=O)[O-].CC(=O)CC(=O)[O-].CC(=O)CC(=O)[O-].[Mo]. The van der Waals surface area contributed by atoms with E-state index in [1.807, 2.05) is 0 Å². The third-order valence-corrected chi connectivity index (χ3v) is 2.36. The smallest absolute Gasteiger partial charge is 0.135 e. The van der Waals surface area contributed by atoms with Crippen LogP contribution >= 0.6 is 0 Å². The minimum atomic E-state index is -1.31. The summed E-state index contributed by atoms with van der Waals surface area (Å²) in [7, 11) is 0. The summed E-state index contributed by atoms with van der Waals surface area (Å²) in [5.41, 5.74) is 0. The third-order valence-electron chi connectivity index (χ3n) is 2.36. The van der Waals surface area contributed by atoms with Crippen LogP contribution in [0.1, 0.15) is 80.1 Å². The van der Waals surface area contributed by atoms with Gasteiger partial charge in [-0.3, -0.25) is 28.8 Å². The summed E-state index contributed by atoms with van der Waals surface area (Å²) >= 11 is 0. The van der Waals surface area contributed by atoms with Crippen molar-refractivity contribution in [1.82, 2.24) is 0 Å². The summed E-state index contributed by atoms with van der Waals surface area (Å²) in [5, 5.41) is 56.9. The Kier molecular flexibility index (Phi) is 45.1. The molecule has 0 aromatic carbocycles. The Morgan fingerprint density at radius 1 is 0.279 bits per heavy atom. The number of aliphatic carboxylic acids is 6. The van der Waals surface area contributed by atoms with E-state index in [1.165, 1.54) is 41.5 Å². The second-order valence-electron chi connectivity index (χ2n) is 7.50. The van der Waals surface area contributed by atoms with Crippen LogP contribution in [-0.2, 0) is 78.6 Å². The van der Waals surface area contributed by atoms with Gasteiger partial charge in [0.2, 0.25) is 0 Å². The molecule has 0 spiro atoms. The molecule has 0 radical (unpaired) electrons. The minimum absolute atomic E-state index is 0. The van der Waals surface area contributed by atoms with Crippen LogP contribution < -0.4 is 30.6 Å².